The standard InChI is InChI=1S/C12H20N2O2/c1-7-5-9(14)6-8(2)11(7)12(16)10(15)3-4-13/h5-6,10,12,15-16H,3-4,13-14H2,1-2H3. The van der Waals surface area contributed by atoms with Gasteiger partial charge in [-0.05, 0) is 55.6 Å². The Balaban J connectivity index is 3.03. The van der Waals surface area contributed by atoms with Gasteiger partial charge in [-0.1, -0.05) is 0 Å². The highest BCUT2D eigenvalue weighted by Gasteiger charge is 2.21. The molecule has 1 rings (SSSR count). The minimum Gasteiger partial charge on any atom is -0.399 e. The van der Waals surface area contributed by atoms with Gasteiger partial charge in [-0.15, -0.1) is 0 Å². The predicted octanol–water partition coefficient (Wildman–Crippen LogP) is 0.629. The Morgan fingerprint density at radius 1 is 1.19 bits per heavy atom. The van der Waals surface area contributed by atoms with E-state index < -0.39 is 12.2 Å². The normalized spacial score (nSPS) is 14.8. The Bertz CT molecular complexity index is 343. The second-order valence-corrected chi connectivity index (χ2v) is 4.16. The molecule has 0 bridgehead atoms. The zero-order valence-corrected chi connectivity index (χ0v) is 9.77. The third kappa shape index (κ3) is 2.72. The third-order valence-electron chi connectivity index (χ3n) is 2.74. The van der Waals surface area contributed by atoms with Crippen LogP contribution in [0.5, 0.6) is 0 Å². The summed E-state index contributed by atoms with van der Waals surface area (Å²) in [4.78, 5) is 0. The lowest BCUT2D eigenvalue weighted by atomic mass is 9.93. The van der Waals surface area contributed by atoms with Crippen molar-refractivity contribution in [3.8, 4) is 0 Å². The monoisotopic (exact) mass is 224 g/mol. The number of aliphatic hydroxyl groups is 2. The first-order valence-electron chi connectivity index (χ1n) is 5.40. The lowest BCUT2D eigenvalue weighted by Gasteiger charge is -2.21. The molecule has 0 aliphatic heterocycles. The summed E-state index contributed by atoms with van der Waals surface area (Å²) in [5.41, 5.74) is 14.2. The quantitative estimate of drug-likeness (QED) is 0.564. The number of hydrogen-bond acceptors (Lipinski definition) is 4. The van der Waals surface area contributed by atoms with E-state index in [0.29, 0.717) is 18.7 Å². The van der Waals surface area contributed by atoms with Gasteiger partial charge in [-0.25, -0.2) is 0 Å². The van der Waals surface area contributed by atoms with Gasteiger partial charge in [0.05, 0.1) is 6.10 Å². The van der Waals surface area contributed by atoms with Crippen molar-refractivity contribution >= 4 is 5.69 Å². The topological polar surface area (TPSA) is 92.5 Å². The van der Waals surface area contributed by atoms with Crippen molar-refractivity contribution in [1.29, 1.82) is 0 Å². The molecule has 2 unspecified atom stereocenters. The van der Waals surface area contributed by atoms with Gasteiger partial charge in [-0.3, -0.25) is 0 Å². The molecule has 0 saturated heterocycles. The van der Waals surface area contributed by atoms with E-state index >= 15 is 0 Å². The first-order chi connectivity index (χ1) is 7.47. The molecule has 1 aromatic rings. The molecular weight excluding hydrogens is 204 g/mol. The molecule has 0 amide bonds. The van der Waals surface area contributed by atoms with Gasteiger partial charge in [0.15, 0.2) is 0 Å². The number of aliphatic hydroxyl groups excluding tert-OH is 2. The molecule has 0 spiro atoms. The fourth-order valence-electron chi connectivity index (χ4n) is 2.00. The van der Waals surface area contributed by atoms with E-state index in [1.807, 2.05) is 13.8 Å². The predicted molar refractivity (Wildman–Crippen MR) is 65.0 cm³/mol. The number of anilines is 1. The highest BCUT2D eigenvalue weighted by molar-refractivity contribution is 5.49. The molecular formula is C12H20N2O2. The van der Waals surface area contributed by atoms with Crippen LogP contribution in [-0.2, 0) is 0 Å². The Hall–Kier alpha value is -1.10. The van der Waals surface area contributed by atoms with Crippen molar-refractivity contribution in [2.75, 3.05) is 12.3 Å². The fraction of sp³-hybridized carbons (Fsp3) is 0.500. The van der Waals surface area contributed by atoms with Crippen LogP contribution in [-0.4, -0.2) is 22.9 Å². The zero-order valence-electron chi connectivity index (χ0n) is 9.77. The molecule has 2 atom stereocenters. The van der Waals surface area contributed by atoms with Gasteiger partial charge in [-0.2, -0.15) is 0 Å². The summed E-state index contributed by atoms with van der Waals surface area (Å²) >= 11 is 0. The molecule has 16 heavy (non-hydrogen) atoms. The third-order valence-corrected chi connectivity index (χ3v) is 2.74. The van der Waals surface area contributed by atoms with Gasteiger partial charge in [0.1, 0.15) is 6.10 Å². The first kappa shape index (κ1) is 13.0. The number of nitrogens with two attached hydrogens (primary N) is 2. The van der Waals surface area contributed by atoms with Gasteiger partial charge < -0.3 is 21.7 Å². The molecule has 0 aromatic heterocycles. The molecule has 0 aliphatic carbocycles. The van der Waals surface area contributed by atoms with Crippen LogP contribution in [0.2, 0.25) is 0 Å². The highest BCUT2D eigenvalue weighted by atomic mass is 16.3. The van der Waals surface area contributed by atoms with Crippen LogP contribution < -0.4 is 11.5 Å². The number of rotatable bonds is 4. The molecule has 4 nitrogen and oxygen atoms in total. The lowest BCUT2D eigenvalue weighted by Crippen LogP contribution is -2.23. The summed E-state index contributed by atoms with van der Waals surface area (Å²) in [5.74, 6) is 0. The maximum Gasteiger partial charge on any atom is 0.105 e. The van der Waals surface area contributed by atoms with E-state index in [2.05, 4.69) is 0 Å². The van der Waals surface area contributed by atoms with Crippen molar-refractivity contribution in [3.05, 3.63) is 28.8 Å². The molecule has 4 heteroatoms. The average Bonchev–Trinajstić information content (AvgIpc) is 2.16. The van der Waals surface area contributed by atoms with Gasteiger partial charge in [0, 0.05) is 5.69 Å². The molecule has 1 aromatic carbocycles. The summed E-state index contributed by atoms with van der Waals surface area (Å²) in [6.07, 6.45) is -1.35. The molecule has 90 valence electrons. The van der Waals surface area contributed by atoms with E-state index in [1.165, 1.54) is 0 Å². The highest BCUT2D eigenvalue weighted by Crippen LogP contribution is 2.27. The molecule has 0 fully saturated rings. The van der Waals surface area contributed by atoms with Gasteiger partial charge in [0.2, 0.25) is 0 Å². The van der Waals surface area contributed by atoms with Crippen LogP contribution in [0, 0.1) is 13.8 Å². The Kier molecular flexibility index (Phi) is 4.29. The summed E-state index contributed by atoms with van der Waals surface area (Å²) in [6, 6.07) is 3.58. The average molecular weight is 224 g/mol. The Morgan fingerprint density at radius 2 is 1.69 bits per heavy atom. The number of hydrogen-bond donors (Lipinski definition) is 4. The summed E-state index contributed by atoms with van der Waals surface area (Å²) in [7, 11) is 0. The summed E-state index contributed by atoms with van der Waals surface area (Å²) in [5, 5.41) is 19.8. The minimum atomic E-state index is -0.899. The molecule has 0 radical (unpaired) electrons. The van der Waals surface area contributed by atoms with Crippen LogP contribution in [0.1, 0.15) is 29.2 Å². The van der Waals surface area contributed by atoms with E-state index in [0.717, 1.165) is 16.7 Å². The zero-order chi connectivity index (χ0) is 12.3. The number of nitrogen functional groups attached to an aromatic ring is 1. The SMILES string of the molecule is Cc1cc(N)cc(C)c1C(O)C(O)CCN. The maximum absolute atomic E-state index is 10.0. The van der Waals surface area contributed by atoms with Crippen LogP contribution in [0.4, 0.5) is 5.69 Å². The minimum absolute atomic E-state index is 0.352. The van der Waals surface area contributed by atoms with Crippen molar-refractivity contribution in [3.63, 3.8) is 0 Å². The Morgan fingerprint density at radius 3 is 2.12 bits per heavy atom. The van der Waals surface area contributed by atoms with Crippen LogP contribution in [0.25, 0.3) is 0 Å². The Labute approximate surface area is 95.9 Å². The summed E-state index contributed by atoms with van der Waals surface area (Å²) < 4.78 is 0. The van der Waals surface area contributed by atoms with Crippen LogP contribution in [0.15, 0.2) is 12.1 Å². The van der Waals surface area contributed by atoms with Crippen LogP contribution in [0.3, 0.4) is 0 Å². The van der Waals surface area contributed by atoms with E-state index in [-0.39, 0.29) is 0 Å². The molecule has 0 heterocycles. The van der Waals surface area contributed by atoms with Crippen LogP contribution >= 0.6 is 0 Å². The smallest absolute Gasteiger partial charge is 0.105 e. The van der Waals surface area contributed by atoms with E-state index in [4.69, 9.17) is 11.5 Å². The second kappa shape index (κ2) is 5.30. The second-order valence-electron chi connectivity index (χ2n) is 4.16. The van der Waals surface area contributed by atoms with E-state index in [1.54, 1.807) is 12.1 Å². The number of aryl methyl sites for hydroxylation is 2. The van der Waals surface area contributed by atoms with Crippen molar-refractivity contribution in [2.45, 2.75) is 32.5 Å². The van der Waals surface area contributed by atoms with Crippen molar-refractivity contribution in [1.82, 2.24) is 0 Å². The van der Waals surface area contributed by atoms with E-state index in [9.17, 15) is 10.2 Å². The molecule has 6 N–H and O–H groups in total. The number of benzene rings is 1. The lowest BCUT2D eigenvalue weighted by molar-refractivity contribution is 0.0143. The summed E-state index contributed by atoms with van der Waals surface area (Å²) in [6.45, 7) is 4.10. The largest absolute Gasteiger partial charge is 0.399 e. The molecule has 0 saturated carbocycles. The van der Waals surface area contributed by atoms with Crippen molar-refractivity contribution in [2.24, 2.45) is 5.73 Å². The molecule has 0 aliphatic rings. The fourth-order valence-corrected chi connectivity index (χ4v) is 2.00. The van der Waals surface area contributed by atoms with Gasteiger partial charge in [0.25, 0.3) is 0 Å². The van der Waals surface area contributed by atoms with Crippen molar-refractivity contribution < 1.29 is 10.2 Å². The van der Waals surface area contributed by atoms with Gasteiger partial charge >= 0.3 is 0 Å². The maximum atomic E-state index is 10.0. The first-order valence-corrected chi connectivity index (χ1v) is 5.40.